The molecule has 1 aliphatic rings. The van der Waals surface area contributed by atoms with Gasteiger partial charge in [0, 0.05) is 4.88 Å². The number of likely N-dealkylation sites (tertiary alicyclic amines) is 1. The average Bonchev–Trinajstić information content (AvgIpc) is 2.59. The first-order valence-electron chi connectivity index (χ1n) is 5.83. The molecule has 4 heteroatoms. The van der Waals surface area contributed by atoms with Crippen LogP contribution in [0, 0.1) is 13.8 Å². The summed E-state index contributed by atoms with van der Waals surface area (Å²) in [4.78, 5) is 19.1. The van der Waals surface area contributed by atoms with Gasteiger partial charge in [0.25, 0.3) is 0 Å². The first-order valence-corrected chi connectivity index (χ1v) is 6.64. The number of nitrogens with zero attached hydrogens (tertiary/aromatic N) is 2. The maximum Gasteiger partial charge on any atom is 0.137 e. The molecule has 2 rings (SSSR count). The predicted octanol–water partition coefficient (Wildman–Crippen LogP) is 2.31. The topological polar surface area (TPSA) is 33.2 Å². The fourth-order valence-electron chi connectivity index (χ4n) is 2.15. The summed E-state index contributed by atoms with van der Waals surface area (Å²) in [5.74, 6) is 0. The minimum Gasteiger partial charge on any atom is -0.302 e. The van der Waals surface area contributed by atoms with Crippen LogP contribution in [0.1, 0.15) is 34.8 Å². The van der Waals surface area contributed by atoms with E-state index in [1.54, 1.807) is 11.3 Å². The second-order valence-corrected chi connectivity index (χ2v) is 5.71. The molecule has 0 radical (unpaired) electrons. The second-order valence-electron chi connectivity index (χ2n) is 4.42. The first-order chi connectivity index (χ1) is 7.70. The van der Waals surface area contributed by atoms with Gasteiger partial charge in [0.1, 0.15) is 11.3 Å². The van der Waals surface area contributed by atoms with Crippen LogP contribution in [0.3, 0.4) is 0 Å². The molecule has 0 spiro atoms. The molecule has 0 N–H and O–H groups in total. The van der Waals surface area contributed by atoms with Crippen LogP contribution < -0.4 is 0 Å². The molecule has 0 aromatic carbocycles. The van der Waals surface area contributed by atoms with Crippen molar-refractivity contribution in [3.63, 3.8) is 0 Å². The van der Waals surface area contributed by atoms with Gasteiger partial charge in [0.15, 0.2) is 0 Å². The molecule has 1 saturated heterocycles. The van der Waals surface area contributed by atoms with Gasteiger partial charge in [-0.2, -0.15) is 0 Å². The molecule has 88 valence electrons. The van der Waals surface area contributed by atoms with Gasteiger partial charge < -0.3 is 4.79 Å². The summed E-state index contributed by atoms with van der Waals surface area (Å²) in [5, 5.41) is 1.14. The molecule has 0 bridgehead atoms. The lowest BCUT2D eigenvalue weighted by Gasteiger charge is -2.31. The van der Waals surface area contributed by atoms with Crippen LogP contribution in [0.15, 0.2) is 0 Å². The minimum atomic E-state index is 0.110. The zero-order valence-electron chi connectivity index (χ0n) is 9.90. The molecule has 0 aliphatic carbocycles. The van der Waals surface area contributed by atoms with Gasteiger partial charge in [-0.1, -0.05) is 6.42 Å². The molecule has 16 heavy (non-hydrogen) atoms. The molecular formula is C12H18N2OS. The third-order valence-corrected chi connectivity index (χ3v) is 4.29. The summed E-state index contributed by atoms with van der Waals surface area (Å²) >= 11 is 1.75. The Hall–Kier alpha value is -0.740. The molecule has 1 aromatic heterocycles. The number of hydrogen-bond acceptors (Lipinski definition) is 4. The zero-order chi connectivity index (χ0) is 11.5. The van der Waals surface area contributed by atoms with Crippen molar-refractivity contribution in [2.24, 2.45) is 0 Å². The van der Waals surface area contributed by atoms with Gasteiger partial charge in [0.2, 0.25) is 0 Å². The maximum absolute atomic E-state index is 11.0. The molecule has 0 amide bonds. The third kappa shape index (κ3) is 2.50. The van der Waals surface area contributed by atoms with Crippen molar-refractivity contribution in [2.75, 3.05) is 6.54 Å². The summed E-state index contributed by atoms with van der Waals surface area (Å²) in [7, 11) is 0. The van der Waals surface area contributed by atoms with Crippen molar-refractivity contribution in [1.29, 1.82) is 0 Å². The lowest BCUT2D eigenvalue weighted by atomic mass is 10.0. The van der Waals surface area contributed by atoms with E-state index >= 15 is 0 Å². The fraction of sp³-hybridized carbons (Fsp3) is 0.667. The standard InChI is InChI=1S/C12H18N2OS/c1-9-10(2)16-12(13-9)7-14-6-4-3-5-11(14)8-15/h8,11H,3-7H2,1-2H3. The van der Waals surface area contributed by atoms with Crippen LogP contribution >= 0.6 is 11.3 Å². The molecule has 1 unspecified atom stereocenters. The number of aromatic nitrogens is 1. The van der Waals surface area contributed by atoms with Crippen molar-refractivity contribution in [3.05, 3.63) is 15.6 Å². The maximum atomic E-state index is 11.0. The second kappa shape index (κ2) is 5.06. The van der Waals surface area contributed by atoms with Gasteiger partial charge in [-0.05, 0) is 33.2 Å². The van der Waals surface area contributed by atoms with Gasteiger partial charge in [-0.25, -0.2) is 4.98 Å². The number of aryl methyl sites for hydroxylation is 2. The summed E-state index contributed by atoms with van der Waals surface area (Å²) in [5.41, 5.74) is 1.12. The van der Waals surface area contributed by atoms with Crippen molar-refractivity contribution in [1.82, 2.24) is 9.88 Å². The van der Waals surface area contributed by atoms with E-state index in [1.165, 1.54) is 17.7 Å². The average molecular weight is 238 g/mol. The molecule has 2 heterocycles. The number of rotatable bonds is 3. The molecule has 1 atom stereocenters. The van der Waals surface area contributed by atoms with Crippen molar-refractivity contribution < 1.29 is 4.79 Å². The fourth-order valence-corrected chi connectivity index (χ4v) is 3.11. The smallest absolute Gasteiger partial charge is 0.137 e. The highest BCUT2D eigenvalue weighted by atomic mass is 32.1. The van der Waals surface area contributed by atoms with Crippen LogP contribution in [0.5, 0.6) is 0 Å². The Kier molecular flexibility index (Phi) is 3.71. The quantitative estimate of drug-likeness (QED) is 0.758. The molecule has 3 nitrogen and oxygen atoms in total. The number of carbonyl (C=O) groups is 1. The van der Waals surface area contributed by atoms with Gasteiger partial charge >= 0.3 is 0 Å². The Morgan fingerprint density at radius 1 is 1.50 bits per heavy atom. The summed E-state index contributed by atoms with van der Waals surface area (Å²) in [6.45, 7) is 6.01. The first kappa shape index (κ1) is 11.7. The lowest BCUT2D eigenvalue weighted by Crippen LogP contribution is -2.39. The van der Waals surface area contributed by atoms with Crippen LogP contribution in [-0.2, 0) is 11.3 Å². The van der Waals surface area contributed by atoms with E-state index in [0.717, 1.165) is 36.5 Å². The van der Waals surface area contributed by atoms with Crippen LogP contribution in [0.4, 0.5) is 0 Å². The Bertz CT molecular complexity index is 356. The number of hydrogen-bond donors (Lipinski definition) is 0. The van der Waals surface area contributed by atoms with E-state index < -0.39 is 0 Å². The molecular weight excluding hydrogens is 220 g/mol. The number of carbonyl (C=O) groups excluding carboxylic acids is 1. The van der Waals surface area contributed by atoms with E-state index in [2.05, 4.69) is 16.8 Å². The number of aldehydes is 1. The van der Waals surface area contributed by atoms with Crippen molar-refractivity contribution in [2.45, 2.75) is 45.7 Å². The largest absolute Gasteiger partial charge is 0.302 e. The van der Waals surface area contributed by atoms with Crippen LogP contribution in [0.2, 0.25) is 0 Å². The molecule has 1 aliphatic heterocycles. The Labute approximate surface area is 100 Å². The summed E-state index contributed by atoms with van der Waals surface area (Å²) in [6.07, 6.45) is 4.48. The molecule has 0 saturated carbocycles. The molecule has 1 aromatic rings. The van der Waals surface area contributed by atoms with Crippen molar-refractivity contribution >= 4 is 17.6 Å². The monoisotopic (exact) mass is 238 g/mol. The van der Waals surface area contributed by atoms with Crippen LogP contribution in [0.25, 0.3) is 0 Å². The summed E-state index contributed by atoms with van der Waals surface area (Å²) in [6, 6.07) is 0.110. The molecule has 1 fully saturated rings. The lowest BCUT2D eigenvalue weighted by molar-refractivity contribution is -0.113. The van der Waals surface area contributed by atoms with E-state index in [0.29, 0.717) is 0 Å². The minimum absolute atomic E-state index is 0.110. The van der Waals surface area contributed by atoms with Crippen LogP contribution in [-0.4, -0.2) is 28.8 Å². The number of piperidine rings is 1. The van der Waals surface area contributed by atoms with E-state index in [9.17, 15) is 4.79 Å². The highest BCUT2D eigenvalue weighted by molar-refractivity contribution is 7.11. The Balaban J connectivity index is 2.04. The zero-order valence-corrected chi connectivity index (χ0v) is 10.7. The Morgan fingerprint density at radius 2 is 2.31 bits per heavy atom. The van der Waals surface area contributed by atoms with Gasteiger partial charge in [-0.15, -0.1) is 11.3 Å². The SMILES string of the molecule is Cc1nc(CN2CCCCC2C=O)sc1C. The van der Waals surface area contributed by atoms with Crippen molar-refractivity contribution in [3.8, 4) is 0 Å². The van der Waals surface area contributed by atoms with E-state index in [1.807, 2.05) is 6.92 Å². The Morgan fingerprint density at radius 3 is 2.94 bits per heavy atom. The van der Waals surface area contributed by atoms with E-state index in [-0.39, 0.29) is 6.04 Å². The normalized spacial score (nSPS) is 22.2. The third-order valence-electron chi connectivity index (χ3n) is 3.23. The highest BCUT2D eigenvalue weighted by Crippen LogP contribution is 2.22. The highest BCUT2D eigenvalue weighted by Gasteiger charge is 2.22. The number of thiazole rings is 1. The van der Waals surface area contributed by atoms with Gasteiger partial charge in [0.05, 0.1) is 18.3 Å². The predicted molar refractivity (Wildman–Crippen MR) is 65.7 cm³/mol. The summed E-state index contributed by atoms with van der Waals surface area (Å²) < 4.78 is 0. The van der Waals surface area contributed by atoms with Gasteiger partial charge in [-0.3, -0.25) is 4.90 Å². The van der Waals surface area contributed by atoms with E-state index in [4.69, 9.17) is 0 Å².